The summed E-state index contributed by atoms with van der Waals surface area (Å²) < 4.78 is 6.45. The Morgan fingerprint density at radius 1 is 1.83 bits per heavy atom. The summed E-state index contributed by atoms with van der Waals surface area (Å²) in [5, 5.41) is 3.91. The average Bonchev–Trinajstić information content (AvgIpc) is 2.48. The van der Waals surface area contributed by atoms with E-state index in [-0.39, 0.29) is 5.69 Å². The van der Waals surface area contributed by atoms with Gasteiger partial charge < -0.3 is 10.5 Å². The highest BCUT2D eigenvalue weighted by Gasteiger charge is 2.03. The molecule has 0 unspecified atom stereocenters. The molecule has 0 saturated carbocycles. The van der Waals surface area contributed by atoms with Gasteiger partial charge in [-0.2, -0.15) is 5.10 Å². The van der Waals surface area contributed by atoms with Crippen LogP contribution >= 0.6 is 0 Å². The molecular weight excluding hydrogens is 158 g/mol. The lowest BCUT2D eigenvalue weighted by Gasteiger charge is -1.97. The number of hydrogen-bond acceptors (Lipinski definition) is 3. The van der Waals surface area contributed by atoms with Crippen molar-refractivity contribution in [3.63, 3.8) is 0 Å². The number of nitrogens with two attached hydrogens (primary N) is 1. The number of carbonyl (C=O) groups is 1. The number of rotatable bonds is 4. The number of methoxy groups -OCH3 is 1. The molecule has 0 spiro atoms. The Morgan fingerprint density at radius 3 is 3.08 bits per heavy atom. The molecule has 1 aromatic rings. The number of carbonyl (C=O) groups excluding carboxylic acids is 1. The van der Waals surface area contributed by atoms with E-state index in [0.29, 0.717) is 13.2 Å². The first-order chi connectivity index (χ1) is 5.74. The maximum absolute atomic E-state index is 10.6. The number of aromatic nitrogens is 2. The van der Waals surface area contributed by atoms with Gasteiger partial charge in [-0.3, -0.25) is 9.48 Å². The zero-order valence-corrected chi connectivity index (χ0v) is 6.86. The van der Waals surface area contributed by atoms with Gasteiger partial charge in [-0.25, -0.2) is 0 Å². The highest BCUT2D eigenvalue weighted by atomic mass is 16.5. The smallest absolute Gasteiger partial charge is 0.269 e. The quantitative estimate of drug-likeness (QED) is 0.668. The molecule has 0 aliphatic carbocycles. The Bertz CT molecular complexity index is 269. The van der Waals surface area contributed by atoms with Gasteiger partial charge in [-0.15, -0.1) is 0 Å². The van der Waals surface area contributed by atoms with Crippen molar-refractivity contribution in [1.82, 2.24) is 9.78 Å². The van der Waals surface area contributed by atoms with Crippen LogP contribution in [0.3, 0.4) is 0 Å². The fraction of sp³-hybridized carbons (Fsp3) is 0.429. The molecule has 0 radical (unpaired) electrons. The van der Waals surface area contributed by atoms with Crippen LogP contribution in [0, 0.1) is 0 Å². The molecule has 0 aliphatic rings. The first-order valence-corrected chi connectivity index (χ1v) is 3.56. The van der Waals surface area contributed by atoms with Gasteiger partial charge in [0.15, 0.2) is 0 Å². The number of amides is 1. The normalized spacial score (nSPS) is 10.1. The lowest BCUT2D eigenvalue weighted by molar-refractivity contribution is 0.0994. The molecule has 5 heteroatoms. The average molecular weight is 169 g/mol. The van der Waals surface area contributed by atoms with Crippen LogP contribution in [0.2, 0.25) is 0 Å². The second-order valence-electron chi connectivity index (χ2n) is 2.32. The standard InChI is InChI=1S/C7H11N3O2/c1-12-5-4-10-3-2-6(9-10)7(8)11/h2-3H,4-5H2,1H3,(H2,8,11). The van der Waals surface area contributed by atoms with E-state index in [4.69, 9.17) is 10.5 Å². The monoisotopic (exact) mass is 169 g/mol. The molecule has 0 saturated heterocycles. The van der Waals surface area contributed by atoms with E-state index in [0.717, 1.165) is 0 Å². The summed E-state index contributed by atoms with van der Waals surface area (Å²) in [6.45, 7) is 1.20. The summed E-state index contributed by atoms with van der Waals surface area (Å²) >= 11 is 0. The van der Waals surface area contributed by atoms with Crippen molar-refractivity contribution in [2.45, 2.75) is 6.54 Å². The van der Waals surface area contributed by atoms with E-state index >= 15 is 0 Å². The van der Waals surface area contributed by atoms with E-state index in [9.17, 15) is 4.79 Å². The van der Waals surface area contributed by atoms with Crippen LogP contribution in [0.15, 0.2) is 12.3 Å². The lowest BCUT2D eigenvalue weighted by Crippen LogP contribution is -2.13. The fourth-order valence-electron chi connectivity index (χ4n) is 0.802. The van der Waals surface area contributed by atoms with Crippen LogP contribution in [-0.4, -0.2) is 29.4 Å². The predicted molar refractivity (Wildman–Crippen MR) is 42.6 cm³/mol. The first kappa shape index (κ1) is 8.73. The van der Waals surface area contributed by atoms with Crippen molar-refractivity contribution in [3.8, 4) is 0 Å². The third-order valence-electron chi connectivity index (χ3n) is 1.42. The van der Waals surface area contributed by atoms with Crippen molar-refractivity contribution in [1.29, 1.82) is 0 Å². The van der Waals surface area contributed by atoms with Crippen molar-refractivity contribution < 1.29 is 9.53 Å². The highest BCUT2D eigenvalue weighted by molar-refractivity contribution is 5.90. The van der Waals surface area contributed by atoms with Crippen LogP contribution in [0.5, 0.6) is 0 Å². The molecule has 0 atom stereocenters. The molecule has 66 valence electrons. The van der Waals surface area contributed by atoms with Crippen molar-refractivity contribution in [2.24, 2.45) is 5.73 Å². The van der Waals surface area contributed by atoms with Gasteiger partial charge in [-0.1, -0.05) is 0 Å². The molecule has 5 nitrogen and oxygen atoms in total. The van der Waals surface area contributed by atoms with Crippen molar-refractivity contribution in [3.05, 3.63) is 18.0 Å². The van der Waals surface area contributed by atoms with Crippen LogP contribution in [0.25, 0.3) is 0 Å². The molecule has 1 rings (SSSR count). The molecule has 0 fully saturated rings. The molecule has 0 bridgehead atoms. The Hall–Kier alpha value is -1.36. The number of primary amides is 1. The van der Waals surface area contributed by atoms with Gasteiger partial charge >= 0.3 is 0 Å². The third kappa shape index (κ3) is 2.06. The molecule has 2 N–H and O–H groups in total. The minimum Gasteiger partial charge on any atom is -0.383 e. The van der Waals surface area contributed by atoms with E-state index in [1.165, 1.54) is 0 Å². The zero-order chi connectivity index (χ0) is 8.97. The van der Waals surface area contributed by atoms with Gasteiger partial charge in [0.25, 0.3) is 5.91 Å². The molecular formula is C7H11N3O2. The summed E-state index contributed by atoms with van der Waals surface area (Å²) in [5.74, 6) is -0.508. The summed E-state index contributed by atoms with van der Waals surface area (Å²) in [6, 6.07) is 1.58. The van der Waals surface area contributed by atoms with Gasteiger partial charge in [-0.05, 0) is 6.07 Å². The van der Waals surface area contributed by atoms with E-state index < -0.39 is 5.91 Å². The van der Waals surface area contributed by atoms with Crippen molar-refractivity contribution >= 4 is 5.91 Å². The summed E-state index contributed by atoms with van der Waals surface area (Å²) in [5.41, 5.74) is 5.29. The van der Waals surface area contributed by atoms with E-state index in [1.807, 2.05) is 0 Å². The Labute approximate surface area is 70.1 Å². The van der Waals surface area contributed by atoms with Crippen LogP contribution < -0.4 is 5.73 Å². The maximum atomic E-state index is 10.6. The number of nitrogens with zero attached hydrogens (tertiary/aromatic N) is 2. The third-order valence-corrected chi connectivity index (χ3v) is 1.42. The van der Waals surface area contributed by atoms with E-state index in [1.54, 1.807) is 24.1 Å². The minimum absolute atomic E-state index is 0.283. The van der Waals surface area contributed by atoms with Gasteiger partial charge in [0.05, 0.1) is 13.2 Å². The topological polar surface area (TPSA) is 70.1 Å². The summed E-state index contributed by atoms with van der Waals surface area (Å²) in [7, 11) is 1.61. The molecule has 12 heavy (non-hydrogen) atoms. The SMILES string of the molecule is COCCn1ccc(C(N)=O)n1. The minimum atomic E-state index is -0.508. The van der Waals surface area contributed by atoms with Gasteiger partial charge in [0.2, 0.25) is 0 Å². The Kier molecular flexibility index (Phi) is 2.82. The second-order valence-corrected chi connectivity index (χ2v) is 2.32. The van der Waals surface area contributed by atoms with Crippen LogP contribution in [-0.2, 0) is 11.3 Å². The number of ether oxygens (including phenoxy) is 1. The molecule has 1 amide bonds. The Balaban J connectivity index is 2.58. The maximum Gasteiger partial charge on any atom is 0.269 e. The second kappa shape index (κ2) is 3.87. The first-order valence-electron chi connectivity index (χ1n) is 3.56. The largest absolute Gasteiger partial charge is 0.383 e. The number of hydrogen-bond donors (Lipinski definition) is 1. The fourth-order valence-corrected chi connectivity index (χ4v) is 0.802. The highest BCUT2D eigenvalue weighted by Crippen LogP contribution is 1.93. The molecule has 0 aromatic carbocycles. The molecule has 0 aliphatic heterocycles. The van der Waals surface area contributed by atoms with E-state index in [2.05, 4.69) is 5.10 Å². The molecule has 1 heterocycles. The lowest BCUT2D eigenvalue weighted by atomic mass is 10.4. The summed E-state index contributed by atoms with van der Waals surface area (Å²) in [6.07, 6.45) is 1.69. The summed E-state index contributed by atoms with van der Waals surface area (Å²) in [4.78, 5) is 10.6. The predicted octanol–water partition coefficient (Wildman–Crippen LogP) is -0.372. The van der Waals surface area contributed by atoms with Crippen molar-refractivity contribution in [2.75, 3.05) is 13.7 Å². The zero-order valence-electron chi connectivity index (χ0n) is 6.86. The molecule has 1 aromatic heterocycles. The van der Waals surface area contributed by atoms with Crippen LogP contribution in [0.4, 0.5) is 0 Å². The van der Waals surface area contributed by atoms with Crippen LogP contribution in [0.1, 0.15) is 10.5 Å². The van der Waals surface area contributed by atoms with Gasteiger partial charge in [0, 0.05) is 13.3 Å². The Morgan fingerprint density at radius 2 is 2.58 bits per heavy atom. The van der Waals surface area contributed by atoms with Gasteiger partial charge in [0.1, 0.15) is 5.69 Å².